The lowest BCUT2D eigenvalue weighted by atomic mass is 10.1. The molecule has 1 aromatic carbocycles. The van der Waals surface area contributed by atoms with Crippen LogP contribution in [0.4, 0.5) is 11.4 Å². The summed E-state index contributed by atoms with van der Waals surface area (Å²) in [6.07, 6.45) is 1.86. The molecular weight excluding hydrogens is 276 g/mol. The van der Waals surface area contributed by atoms with Crippen LogP contribution >= 0.6 is 0 Å². The van der Waals surface area contributed by atoms with Crippen LogP contribution in [0.5, 0.6) is 0 Å². The number of hydrogen-bond donors (Lipinski definition) is 2. The van der Waals surface area contributed by atoms with Gasteiger partial charge in [-0.3, -0.25) is 20.8 Å². The highest BCUT2D eigenvalue weighted by Gasteiger charge is 2.28. The Morgan fingerprint density at radius 2 is 2.38 bits per heavy atom. The van der Waals surface area contributed by atoms with Gasteiger partial charge in [0.05, 0.1) is 11.0 Å². The van der Waals surface area contributed by atoms with E-state index >= 15 is 0 Å². The van der Waals surface area contributed by atoms with E-state index in [0.29, 0.717) is 13.2 Å². The highest BCUT2D eigenvalue weighted by molar-refractivity contribution is 6.00. The number of ether oxygens (including phenoxy) is 1. The van der Waals surface area contributed by atoms with Gasteiger partial charge in [0.25, 0.3) is 5.91 Å². The Hall–Kier alpha value is -2.19. The summed E-state index contributed by atoms with van der Waals surface area (Å²) >= 11 is 0. The van der Waals surface area contributed by atoms with Gasteiger partial charge < -0.3 is 15.1 Å². The third-order valence-corrected chi connectivity index (χ3v) is 3.45. The molecule has 0 saturated carbocycles. The maximum atomic E-state index is 12.4. The predicted molar refractivity (Wildman–Crippen MR) is 76.8 cm³/mol. The van der Waals surface area contributed by atoms with E-state index in [2.05, 4.69) is 5.43 Å². The molecule has 0 radical (unpaired) electrons. The van der Waals surface area contributed by atoms with Gasteiger partial charge in [-0.2, -0.15) is 0 Å². The van der Waals surface area contributed by atoms with Gasteiger partial charge in [0.15, 0.2) is 0 Å². The number of nitrogens with zero attached hydrogens (tertiary/aromatic N) is 2. The number of para-hydroxylation sites is 1. The summed E-state index contributed by atoms with van der Waals surface area (Å²) in [4.78, 5) is 24.4. The highest BCUT2D eigenvalue weighted by atomic mass is 16.6. The van der Waals surface area contributed by atoms with Crippen molar-refractivity contribution in [3.05, 3.63) is 33.9 Å². The maximum Gasteiger partial charge on any atom is 0.306 e. The molecular formula is C13H18N4O4. The Bertz CT molecular complexity index is 543. The SMILES string of the molecule is CN(CC1CCCO1)C(=O)c1cccc(NN)c1[N+](=O)[O-]. The minimum Gasteiger partial charge on any atom is -0.376 e. The van der Waals surface area contributed by atoms with Gasteiger partial charge in [0, 0.05) is 20.2 Å². The average molecular weight is 294 g/mol. The Balaban J connectivity index is 2.23. The summed E-state index contributed by atoms with van der Waals surface area (Å²) < 4.78 is 5.47. The molecule has 114 valence electrons. The van der Waals surface area contributed by atoms with Crippen LogP contribution in [0.1, 0.15) is 23.2 Å². The molecule has 1 unspecified atom stereocenters. The first-order valence-electron chi connectivity index (χ1n) is 6.65. The fourth-order valence-electron chi connectivity index (χ4n) is 2.41. The van der Waals surface area contributed by atoms with Gasteiger partial charge in [-0.25, -0.2) is 0 Å². The van der Waals surface area contributed by atoms with Crippen molar-refractivity contribution in [1.82, 2.24) is 4.90 Å². The van der Waals surface area contributed by atoms with Gasteiger partial charge in [-0.05, 0) is 25.0 Å². The van der Waals surface area contributed by atoms with Gasteiger partial charge in [-0.15, -0.1) is 0 Å². The number of rotatable bonds is 5. The molecule has 8 heteroatoms. The van der Waals surface area contributed by atoms with Crippen molar-refractivity contribution < 1.29 is 14.5 Å². The zero-order valence-corrected chi connectivity index (χ0v) is 11.7. The van der Waals surface area contributed by atoms with E-state index in [1.165, 1.54) is 17.0 Å². The largest absolute Gasteiger partial charge is 0.376 e. The monoisotopic (exact) mass is 294 g/mol. The minimum atomic E-state index is -0.609. The summed E-state index contributed by atoms with van der Waals surface area (Å²) in [6.45, 7) is 1.11. The number of hydrogen-bond acceptors (Lipinski definition) is 6. The number of nitro groups is 1. The van der Waals surface area contributed by atoms with Crippen molar-refractivity contribution in [2.45, 2.75) is 18.9 Å². The number of amides is 1. The third-order valence-electron chi connectivity index (χ3n) is 3.45. The molecule has 2 rings (SSSR count). The third kappa shape index (κ3) is 3.29. The molecule has 3 N–H and O–H groups in total. The van der Waals surface area contributed by atoms with Crippen LogP contribution < -0.4 is 11.3 Å². The van der Waals surface area contributed by atoms with E-state index in [4.69, 9.17) is 10.6 Å². The second-order valence-electron chi connectivity index (χ2n) is 4.92. The number of nitrogens with two attached hydrogens (primary N) is 1. The molecule has 1 aromatic rings. The number of nitrogens with one attached hydrogen (secondary N) is 1. The predicted octanol–water partition coefficient (Wildman–Crippen LogP) is 1.13. The van der Waals surface area contributed by atoms with Crippen LogP contribution in [-0.4, -0.2) is 42.0 Å². The molecule has 21 heavy (non-hydrogen) atoms. The Morgan fingerprint density at radius 3 is 2.95 bits per heavy atom. The molecule has 1 amide bonds. The van der Waals surface area contributed by atoms with E-state index in [1.807, 2.05) is 0 Å². The zero-order valence-electron chi connectivity index (χ0n) is 11.7. The van der Waals surface area contributed by atoms with Gasteiger partial charge in [-0.1, -0.05) is 6.07 Å². The van der Waals surface area contributed by atoms with Crippen molar-refractivity contribution in [2.75, 3.05) is 25.6 Å². The van der Waals surface area contributed by atoms with Crippen molar-refractivity contribution >= 4 is 17.3 Å². The standard InChI is InChI=1S/C13H18N4O4/c1-16(8-9-4-3-7-21-9)13(18)10-5-2-6-11(15-14)12(10)17(19)20/h2,5-6,9,15H,3-4,7-8,14H2,1H3. The highest BCUT2D eigenvalue weighted by Crippen LogP contribution is 2.29. The van der Waals surface area contributed by atoms with Crippen molar-refractivity contribution in [3.8, 4) is 0 Å². The summed E-state index contributed by atoms with van der Waals surface area (Å²) in [5, 5.41) is 11.2. The van der Waals surface area contributed by atoms with E-state index in [0.717, 1.165) is 12.8 Å². The molecule has 1 aliphatic rings. The second kappa shape index (κ2) is 6.51. The lowest BCUT2D eigenvalue weighted by Crippen LogP contribution is -2.34. The zero-order chi connectivity index (χ0) is 15.4. The summed E-state index contributed by atoms with van der Waals surface area (Å²) in [5.41, 5.74) is 2.05. The van der Waals surface area contributed by atoms with Crippen LogP contribution in [0, 0.1) is 10.1 Å². The van der Waals surface area contributed by atoms with Gasteiger partial charge in [0.2, 0.25) is 0 Å². The van der Waals surface area contributed by atoms with Gasteiger partial charge >= 0.3 is 5.69 Å². The number of hydrazine groups is 1. The van der Waals surface area contributed by atoms with E-state index in [9.17, 15) is 14.9 Å². The average Bonchev–Trinajstić information content (AvgIpc) is 2.98. The number of nitro benzene ring substituents is 1. The molecule has 8 nitrogen and oxygen atoms in total. The molecule has 1 atom stereocenters. The first-order valence-corrected chi connectivity index (χ1v) is 6.65. The summed E-state index contributed by atoms with van der Waals surface area (Å²) in [7, 11) is 1.61. The Morgan fingerprint density at radius 1 is 1.62 bits per heavy atom. The van der Waals surface area contributed by atoms with E-state index in [1.54, 1.807) is 13.1 Å². The fraction of sp³-hybridized carbons (Fsp3) is 0.462. The van der Waals surface area contributed by atoms with Crippen LogP contribution in [0.15, 0.2) is 18.2 Å². The molecule has 0 spiro atoms. The van der Waals surface area contributed by atoms with Crippen molar-refractivity contribution in [2.24, 2.45) is 5.84 Å². The summed E-state index contributed by atoms with van der Waals surface area (Å²) in [5.74, 6) is 4.84. The molecule has 1 fully saturated rings. The molecule has 1 saturated heterocycles. The fourth-order valence-corrected chi connectivity index (χ4v) is 2.41. The topological polar surface area (TPSA) is 111 Å². The van der Waals surface area contributed by atoms with Crippen LogP contribution in [0.2, 0.25) is 0 Å². The van der Waals surface area contributed by atoms with Crippen molar-refractivity contribution in [3.63, 3.8) is 0 Å². The van der Waals surface area contributed by atoms with Gasteiger partial charge in [0.1, 0.15) is 11.3 Å². The first-order chi connectivity index (χ1) is 10.0. The quantitative estimate of drug-likeness (QED) is 0.478. The number of carbonyl (C=O) groups is 1. The number of benzene rings is 1. The number of anilines is 1. The molecule has 0 aromatic heterocycles. The summed E-state index contributed by atoms with van der Waals surface area (Å²) in [6, 6.07) is 4.43. The first kappa shape index (κ1) is 15.2. The lowest BCUT2D eigenvalue weighted by molar-refractivity contribution is -0.384. The lowest BCUT2D eigenvalue weighted by Gasteiger charge is -2.21. The minimum absolute atomic E-state index is 0.00572. The Labute approximate surface area is 122 Å². The maximum absolute atomic E-state index is 12.4. The van der Waals surface area contributed by atoms with Crippen LogP contribution in [-0.2, 0) is 4.74 Å². The smallest absolute Gasteiger partial charge is 0.306 e. The normalized spacial score (nSPS) is 17.5. The molecule has 0 bridgehead atoms. The number of likely N-dealkylation sites (N-methyl/N-ethyl adjacent to an activating group) is 1. The van der Waals surface area contributed by atoms with E-state index in [-0.39, 0.29) is 23.0 Å². The molecule has 1 aliphatic heterocycles. The number of nitrogen functional groups attached to an aromatic ring is 1. The number of carbonyl (C=O) groups excluding carboxylic acids is 1. The molecule has 0 aliphatic carbocycles. The van der Waals surface area contributed by atoms with E-state index < -0.39 is 10.8 Å². The van der Waals surface area contributed by atoms with Crippen LogP contribution in [0.3, 0.4) is 0 Å². The molecule has 1 heterocycles. The Kier molecular flexibility index (Phi) is 4.71. The van der Waals surface area contributed by atoms with Crippen molar-refractivity contribution in [1.29, 1.82) is 0 Å². The second-order valence-corrected chi connectivity index (χ2v) is 4.92. The van der Waals surface area contributed by atoms with Crippen LogP contribution in [0.25, 0.3) is 0 Å².